The number of sulfonamides is 1. The number of amides is 1. The lowest BCUT2D eigenvalue weighted by Gasteiger charge is -2.32. The number of anilines is 1. The molecule has 30 heavy (non-hydrogen) atoms. The molecule has 1 fully saturated rings. The van der Waals surface area contributed by atoms with E-state index in [1.165, 1.54) is 33.5 Å². The molecule has 1 aromatic heterocycles. The van der Waals surface area contributed by atoms with Gasteiger partial charge in [-0.15, -0.1) is 0 Å². The maximum Gasteiger partial charge on any atom is 0.257 e. The van der Waals surface area contributed by atoms with Crippen molar-refractivity contribution in [2.75, 3.05) is 17.6 Å². The van der Waals surface area contributed by atoms with Gasteiger partial charge in [0.1, 0.15) is 0 Å². The fourth-order valence-electron chi connectivity index (χ4n) is 3.40. The normalized spacial score (nSPS) is 17.5. The molecule has 0 bridgehead atoms. The zero-order valence-corrected chi connectivity index (χ0v) is 19.6. The van der Waals surface area contributed by atoms with E-state index >= 15 is 0 Å². The van der Waals surface area contributed by atoms with E-state index in [1.54, 1.807) is 19.1 Å². The average Bonchev–Trinajstić information content (AvgIpc) is 3.05. The van der Waals surface area contributed by atoms with Crippen LogP contribution in [0.2, 0.25) is 0 Å². The maximum atomic E-state index is 13.1. The van der Waals surface area contributed by atoms with Gasteiger partial charge in [0.25, 0.3) is 5.91 Å². The van der Waals surface area contributed by atoms with Crippen LogP contribution in [0.5, 0.6) is 0 Å². The number of nitrogens with zero attached hydrogens (tertiary/aromatic N) is 3. The molecule has 1 aliphatic heterocycles. The highest BCUT2D eigenvalue weighted by molar-refractivity contribution is 8.01. The lowest BCUT2D eigenvalue weighted by molar-refractivity contribution is 0.102. The van der Waals surface area contributed by atoms with E-state index in [9.17, 15) is 13.2 Å². The Hall–Kier alpha value is -1.93. The Bertz CT molecular complexity index is 1090. The largest absolute Gasteiger partial charge is 0.298 e. The highest BCUT2D eigenvalue weighted by Crippen LogP contribution is 2.32. The Labute approximate surface area is 185 Å². The summed E-state index contributed by atoms with van der Waals surface area (Å²) in [5, 5.41) is 11.9. The standard InChI is InChI=1S/C20H24N4O3S3/c1-13-7-8-16(30(26,27)24-10-5-4-6-14(24)2)12-17(13)18(25)23-20-22-15(3)19(29-20)28-11-9-21/h7-8,12,14H,4-6,10-11H2,1-3H3,(H,22,23,25). The third kappa shape index (κ3) is 4.86. The monoisotopic (exact) mass is 464 g/mol. The summed E-state index contributed by atoms with van der Waals surface area (Å²) < 4.78 is 28.7. The van der Waals surface area contributed by atoms with E-state index in [1.807, 2.05) is 13.8 Å². The first-order valence-electron chi connectivity index (χ1n) is 9.65. The highest BCUT2D eigenvalue weighted by atomic mass is 32.2. The van der Waals surface area contributed by atoms with Gasteiger partial charge < -0.3 is 0 Å². The summed E-state index contributed by atoms with van der Waals surface area (Å²) in [6, 6.07) is 6.70. The van der Waals surface area contributed by atoms with Gasteiger partial charge in [-0.05, 0) is 51.3 Å². The van der Waals surface area contributed by atoms with Crippen LogP contribution < -0.4 is 5.32 Å². The highest BCUT2D eigenvalue weighted by Gasteiger charge is 2.31. The number of rotatable bonds is 6. The van der Waals surface area contributed by atoms with Gasteiger partial charge in [0.05, 0.1) is 26.6 Å². The molecule has 1 N–H and O–H groups in total. The van der Waals surface area contributed by atoms with E-state index in [4.69, 9.17) is 5.26 Å². The molecule has 1 amide bonds. The molecular weight excluding hydrogens is 440 g/mol. The first-order valence-corrected chi connectivity index (χ1v) is 12.9. The Balaban J connectivity index is 1.85. The SMILES string of the molecule is Cc1ccc(S(=O)(=O)N2CCCCC2C)cc1C(=O)Nc1nc(C)c(SCC#N)s1. The third-order valence-electron chi connectivity index (χ3n) is 5.04. The second kappa shape index (κ2) is 9.47. The van der Waals surface area contributed by atoms with Crippen LogP contribution in [0.15, 0.2) is 27.3 Å². The molecule has 1 aliphatic rings. The number of piperidine rings is 1. The van der Waals surface area contributed by atoms with E-state index in [0.29, 0.717) is 28.6 Å². The fraction of sp³-hybridized carbons (Fsp3) is 0.450. The minimum atomic E-state index is -3.66. The van der Waals surface area contributed by atoms with Crippen molar-refractivity contribution in [3.63, 3.8) is 0 Å². The van der Waals surface area contributed by atoms with Gasteiger partial charge in [0.15, 0.2) is 5.13 Å². The van der Waals surface area contributed by atoms with Crippen molar-refractivity contribution in [3.05, 3.63) is 35.0 Å². The molecule has 1 aromatic carbocycles. The van der Waals surface area contributed by atoms with E-state index in [0.717, 1.165) is 29.2 Å². The molecule has 10 heteroatoms. The molecule has 0 radical (unpaired) electrons. The first-order chi connectivity index (χ1) is 14.2. The van der Waals surface area contributed by atoms with Crippen LogP contribution in [0.3, 0.4) is 0 Å². The number of hydrogen-bond acceptors (Lipinski definition) is 7. The Morgan fingerprint density at radius 1 is 1.40 bits per heavy atom. The van der Waals surface area contributed by atoms with Crippen LogP contribution in [0.4, 0.5) is 5.13 Å². The van der Waals surface area contributed by atoms with Crippen LogP contribution in [-0.2, 0) is 10.0 Å². The van der Waals surface area contributed by atoms with E-state index in [-0.39, 0.29) is 10.9 Å². The van der Waals surface area contributed by atoms with Crippen molar-refractivity contribution in [2.45, 2.75) is 55.2 Å². The van der Waals surface area contributed by atoms with E-state index in [2.05, 4.69) is 16.4 Å². The van der Waals surface area contributed by atoms with Crippen LogP contribution >= 0.6 is 23.1 Å². The second-order valence-corrected chi connectivity index (χ2v) is 11.4. The number of thiazole rings is 1. The van der Waals surface area contributed by atoms with Crippen molar-refractivity contribution in [1.29, 1.82) is 5.26 Å². The second-order valence-electron chi connectivity index (χ2n) is 7.23. The predicted octanol–water partition coefficient (Wildman–Crippen LogP) is 4.19. The van der Waals surface area contributed by atoms with Gasteiger partial charge in [-0.2, -0.15) is 9.57 Å². The summed E-state index contributed by atoms with van der Waals surface area (Å²) in [4.78, 5) is 17.4. The summed E-state index contributed by atoms with van der Waals surface area (Å²) in [5.74, 6) is -0.0912. The lowest BCUT2D eigenvalue weighted by Crippen LogP contribution is -2.42. The molecule has 2 heterocycles. The molecule has 0 saturated carbocycles. The number of nitrogens with one attached hydrogen (secondary N) is 1. The Morgan fingerprint density at radius 3 is 2.87 bits per heavy atom. The number of hydrogen-bond donors (Lipinski definition) is 1. The quantitative estimate of drug-likeness (QED) is 0.643. The maximum absolute atomic E-state index is 13.1. The molecular formula is C20H24N4O3S3. The van der Waals surface area contributed by atoms with Crippen molar-refractivity contribution >= 4 is 44.2 Å². The summed E-state index contributed by atoms with van der Waals surface area (Å²) >= 11 is 2.68. The van der Waals surface area contributed by atoms with Gasteiger partial charge in [-0.25, -0.2) is 13.4 Å². The zero-order valence-electron chi connectivity index (χ0n) is 17.1. The van der Waals surface area contributed by atoms with Crippen LogP contribution in [0.25, 0.3) is 0 Å². The van der Waals surface area contributed by atoms with Gasteiger partial charge >= 0.3 is 0 Å². The molecule has 2 aromatic rings. The van der Waals surface area contributed by atoms with Crippen molar-refractivity contribution < 1.29 is 13.2 Å². The average molecular weight is 465 g/mol. The number of aromatic nitrogens is 1. The number of benzene rings is 1. The predicted molar refractivity (Wildman–Crippen MR) is 120 cm³/mol. The molecule has 0 aliphatic carbocycles. The first kappa shape index (κ1) is 22.7. The third-order valence-corrected chi connectivity index (χ3v) is 9.36. The minimum Gasteiger partial charge on any atom is -0.298 e. The molecule has 1 saturated heterocycles. The summed E-state index contributed by atoms with van der Waals surface area (Å²) in [6.45, 7) is 6.02. The molecule has 3 rings (SSSR count). The Morgan fingerprint density at radius 2 is 2.17 bits per heavy atom. The fourth-order valence-corrected chi connectivity index (χ4v) is 6.92. The number of thioether (sulfide) groups is 1. The molecule has 7 nitrogen and oxygen atoms in total. The number of nitriles is 1. The lowest BCUT2D eigenvalue weighted by atomic mass is 10.1. The summed E-state index contributed by atoms with van der Waals surface area (Å²) in [5.41, 5.74) is 1.74. The van der Waals surface area contributed by atoms with Crippen LogP contribution in [0, 0.1) is 25.2 Å². The topological polar surface area (TPSA) is 103 Å². The smallest absolute Gasteiger partial charge is 0.257 e. The molecule has 0 spiro atoms. The number of carbonyl (C=O) groups excluding carboxylic acids is 1. The molecule has 1 atom stereocenters. The van der Waals surface area contributed by atoms with Crippen molar-refractivity contribution in [3.8, 4) is 6.07 Å². The van der Waals surface area contributed by atoms with Crippen LogP contribution in [-0.4, -0.2) is 42.0 Å². The zero-order chi connectivity index (χ0) is 21.9. The Kier molecular flexibility index (Phi) is 7.18. The van der Waals surface area contributed by atoms with Gasteiger partial charge in [-0.3, -0.25) is 10.1 Å². The minimum absolute atomic E-state index is 0.0510. The van der Waals surface area contributed by atoms with Crippen molar-refractivity contribution in [1.82, 2.24) is 9.29 Å². The molecule has 1 unspecified atom stereocenters. The number of carbonyl (C=O) groups is 1. The van der Waals surface area contributed by atoms with Crippen molar-refractivity contribution in [2.24, 2.45) is 0 Å². The summed E-state index contributed by atoms with van der Waals surface area (Å²) in [6.07, 6.45) is 2.71. The summed E-state index contributed by atoms with van der Waals surface area (Å²) in [7, 11) is -3.66. The molecule has 160 valence electrons. The number of aryl methyl sites for hydroxylation is 2. The van der Waals surface area contributed by atoms with Gasteiger partial charge in [-0.1, -0.05) is 35.6 Å². The van der Waals surface area contributed by atoms with Gasteiger partial charge in [0.2, 0.25) is 10.0 Å². The van der Waals surface area contributed by atoms with E-state index < -0.39 is 15.9 Å². The van der Waals surface area contributed by atoms with Gasteiger partial charge in [0, 0.05) is 18.2 Å². The van der Waals surface area contributed by atoms with Crippen LogP contribution in [0.1, 0.15) is 47.8 Å².